The molecule has 26 heavy (non-hydrogen) atoms. The Balaban J connectivity index is 1.63. The molecule has 136 valence electrons. The number of benzene rings is 2. The molecule has 0 aromatic heterocycles. The topological polar surface area (TPSA) is 44.4 Å². The normalized spacial score (nSPS) is 14.0. The van der Waals surface area contributed by atoms with Crippen molar-refractivity contribution in [1.82, 2.24) is 5.32 Å². The van der Waals surface area contributed by atoms with Crippen molar-refractivity contribution in [3.05, 3.63) is 57.5 Å². The fourth-order valence-corrected chi connectivity index (χ4v) is 3.93. The molecular formula is C19H19BrClN3OS. The molecule has 4 nitrogen and oxygen atoms in total. The number of amides is 1. The smallest absolute Gasteiger partial charge is 0.258 e. The van der Waals surface area contributed by atoms with Crippen LogP contribution in [0.4, 0.5) is 11.4 Å². The van der Waals surface area contributed by atoms with Crippen LogP contribution >= 0.6 is 39.7 Å². The Hall–Kier alpha value is -1.63. The number of hydrogen-bond donors (Lipinski definition) is 2. The third-order valence-corrected chi connectivity index (χ3v) is 5.45. The third-order valence-electron chi connectivity index (χ3n) is 4.25. The first-order valence-corrected chi connectivity index (χ1v) is 10.0. The van der Waals surface area contributed by atoms with Gasteiger partial charge < -0.3 is 10.2 Å². The average molecular weight is 453 g/mol. The molecule has 1 heterocycles. The van der Waals surface area contributed by atoms with Crippen LogP contribution in [0, 0.1) is 0 Å². The maximum absolute atomic E-state index is 12.3. The molecule has 1 aliphatic rings. The zero-order chi connectivity index (χ0) is 18.5. The van der Waals surface area contributed by atoms with E-state index in [-0.39, 0.29) is 11.0 Å². The van der Waals surface area contributed by atoms with Crippen LogP contribution in [0.3, 0.4) is 0 Å². The van der Waals surface area contributed by atoms with Crippen LogP contribution < -0.4 is 15.5 Å². The van der Waals surface area contributed by atoms with Gasteiger partial charge in [0.25, 0.3) is 5.91 Å². The van der Waals surface area contributed by atoms with Crippen molar-refractivity contribution in [2.24, 2.45) is 0 Å². The van der Waals surface area contributed by atoms with E-state index >= 15 is 0 Å². The number of thiocarbonyl (C=S) groups is 1. The summed E-state index contributed by atoms with van der Waals surface area (Å²) in [6, 6.07) is 12.9. The van der Waals surface area contributed by atoms with E-state index in [4.69, 9.17) is 23.8 Å². The summed E-state index contributed by atoms with van der Waals surface area (Å²) in [6.45, 7) is 2.07. The molecule has 0 radical (unpaired) electrons. The second-order valence-electron chi connectivity index (χ2n) is 6.10. The maximum Gasteiger partial charge on any atom is 0.258 e. The Labute approximate surface area is 172 Å². The van der Waals surface area contributed by atoms with Crippen molar-refractivity contribution in [3.63, 3.8) is 0 Å². The van der Waals surface area contributed by atoms with Crippen molar-refractivity contribution in [2.45, 2.75) is 19.3 Å². The second kappa shape index (κ2) is 8.84. The lowest BCUT2D eigenvalue weighted by Gasteiger charge is -2.29. The number of anilines is 2. The molecule has 0 unspecified atom stereocenters. The van der Waals surface area contributed by atoms with Crippen LogP contribution in [0.25, 0.3) is 0 Å². The maximum atomic E-state index is 12.3. The van der Waals surface area contributed by atoms with Crippen molar-refractivity contribution < 1.29 is 4.79 Å². The zero-order valence-corrected chi connectivity index (χ0v) is 17.3. The van der Waals surface area contributed by atoms with E-state index in [1.54, 1.807) is 12.1 Å². The number of carbonyl (C=O) groups is 1. The molecule has 0 bridgehead atoms. The quantitative estimate of drug-likeness (QED) is 0.627. The fraction of sp³-hybridized carbons (Fsp3) is 0.263. The first-order chi connectivity index (χ1) is 12.5. The van der Waals surface area contributed by atoms with Gasteiger partial charge in [-0.15, -0.1) is 0 Å². The minimum Gasteiger partial charge on any atom is -0.370 e. The summed E-state index contributed by atoms with van der Waals surface area (Å²) in [5.74, 6) is -0.272. The van der Waals surface area contributed by atoms with Gasteiger partial charge in [-0.1, -0.05) is 23.7 Å². The SMILES string of the molecule is O=C(NC(=S)Nc1ccc(N2CCCCC2)c(Cl)c1)c1ccccc1Br. The number of halogens is 2. The lowest BCUT2D eigenvalue weighted by molar-refractivity contribution is 0.0977. The van der Waals surface area contributed by atoms with Crippen molar-refractivity contribution >= 4 is 62.1 Å². The van der Waals surface area contributed by atoms with Gasteiger partial charge in [-0.2, -0.15) is 0 Å². The van der Waals surface area contributed by atoms with Gasteiger partial charge in [0.05, 0.1) is 16.3 Å². The summed E-state index contributed by atoms with van der Waals surface area (Å²) in [5, 5.41) is 6.60. The highest BCUT2D eigenvalue weighted by Gasteiger charge is 2.15. The number of nitrogens with one attached hydrogen (secondary N) is 2. The molecule has 1 amide bonds. The summed E-state index contributed by atoms with van der Waals surface area (Å²) in [5.41, 5.74) is 2.31. The van der Waals surface area contributed by atoms with Crippen molar-refractivity contribution in [2.75, 3.05) is 23.3 Å². The molecule has 1 aliphatic heterocycles. The molecule has 0 aliphatic carbocycles. The van der Waals surface area contributed by atoms with Gasteiger partial charge in [-0.05, 0) is 77.7 Å². The lowest BCUT2D eigenvalue weighted by Crippen LogP contribution is -2.34. The van der Waals surface area contributed by atoms with E-state index in [0.29, 0.717) is 15.1 Å². The zero-order valence-electron chi connectivity index (χ0n) is 14.1. The summed E-state index contributed by atoms with van der Waals surface area (Å²) >= 11 is 15.1. The fourth-order valence-electron chi connectivity index (χ4n) is 2.95. The number of hydrogen-bond acceptors (Lipinski definition) is 3. The summed E-state index contributed by atoms with van der Waals surface area (Å²) in [4.78, 5) is 14.6. The van der Waals surface area contributed by atoms with Crippen LogP contribution in [0.2, 0.25) is 5.02 Å². The van der Waals surface area contributed by atoms with Gasteiger partial charge >= 0.3 is 0 Å². The molecule has 0 saturated carbocycles. The van der Waals surface area contributed by atoms with E-state index in [1.165, 1.54) is 19.3 Å². The molecule has 2 aromatic rings. The van der Waals surface area contributed by atoms with E-state index in [2.05, 4.69) is 31.5 Å². The van der Waals surface area contributed by atoms with Crippen LogP contribution in [-0.2, 0) is 0 Å². The van der Waals surface area contributed by atoms with Crippen LogP contribution in [-0.4, -0.2) is 24.1 Å². The van der Waals surface area contributed by atoms with E-state index < -0.39 is 0 Å². The Bertz CT molecular complexity index is 824. The van der Waals surface area contributed by atoms with Crippen molar-refractivity contribution in [3.8, 4) is 0 Å². The molecule has 0 atom stereocenters. The predicted octanol–water partition coefficient (Wildman–Crippen LogP) is 5.22. The molecule has 1 saturated heterocycles. The Kier molecular flexibility index (Phi) is 6.51. The third kappa shape index (κ3) is 4.75. The van der Waals surface area contributed by atoms with Crippen LogP contribution in [0.15, 0.2) is 46.9 Å². The highest BCUT2D eigenvalue weighted by atomic mass is 79.9. The van der Waals surface area contributed by atoms with Gasteiger partial charge in [-0.25, -0.2) is 0 Å². The minimum atomic E-state index is -0.272. The van der Waals surface area contributed by atoms with E-state index in [0.717, 1.165) is 24.5 Å². The molecular weight excluding hydrogens is 434 g/mol. The molecule has 2 aromatic carbocycles. The predicted molar refractivity (Wildman–Crippen MR) is 115 cm³/mol. The second-order valence-corrected chi connectivity index (χ2v) is 7.77. The molecule has 1 fully saturated rings. The number of nitrogens with zero attached hydrogens (tertiary/aromatic N) is 1. The first-order valence-electron chi connectivity index (χ1n) is 8.46. The molecule has 7 heteroatoms. The average Bonchev–Trinajstić information content (AvgIpc) is 2.62. The minimum absolute atomic E-state index is 0.229. The Morgan fingerprint density at radius 3 is 2.54 bits per heavy atom. The lowest BCUT2D eigenvalue weighted by atomic mass is 10.1. The van der Waals surface area contributed by atoms with Gasteiger partial charge in [0, 0.05) is 23.2 Å². The van der Waals surface area contributed by atoms with Crippen LogP contribution in [0.1, 0.15) is 29.6 Å². The monoisotopic (exact) mass is 451 g/mol. The Morgan fingerprint density at radius 1 is 1.12 bits per heavy atom. The number of rotatable bonds is 3. The van der Waals surface area contributed by atoms with Gasteiger partial charge in [0.2, 0.25) is 0 Å². The summed E-state index contributed by atoms with van der Waals surface area (Å²) in [6.07, 6.45) is 3.67. The number of piperidine rings is 1. The highest BCUT2D eigenvalue weighted by Crippen LogP contribution is 2.30. The van der Waals surface area contributed by atoms with E-state index in [9.17, 15) is 4.79 Å². The molecule has 0 spiro atoms. The Morgan fingerprint density at radius 2 is 1.85 bits per heavy atom. The standard InChI is InChI=1S/C19H19BrClN3OS/c20-15-7-3-2-6-14(15)18(25)23-19(26)22-13-8-9-17(16(21)12-13)24-10-4-1-5-11-24/h2-3,6-9,12H,1,4-5,10-11H2,(H2,22,23,25,26). The molecule has 2 N–H and O–H groups in total. The van der Waals surface area contributed by atoms with Gasteiger partial charge in [0.1, 0.15) is 0 Å². The van der Waals surface area contributed by atoms with Gasteiger partial charge in [0.15, 0.2) is 5.11 Å². The summed E-state index contributed by atoms with van der Waals surface area (Å²) in [7, 11) is 0. The van der Waals surface area contributed by atoms with Crippen LogP contribution in [0.5, 0.6) is 0 Å². The summed E-state index contributed by atoms with van der Waals surface area (Å²) < 4.78 is 0.717. The van der Waals surface area contributed by atoms with E-state index in [1.807, 2.05) is 30.3 Å². The first kappa shape index (κ1) is 19.1. The highest BCUT2D eigenvalue weighted by molar-refractivity contribution is 9.10. The van der Waals surface area contributed by atoms with Crippen molar-refractivity contribution in [1.29, 1.82) is 0 Å². The molecule has 3 rings (SSSR count). The van der Waals surface area contributed by atoms with Gasteiger partial charge in [-0.3, -0.25) is 10.1 Å². The largest absolute Gasteiger partial charge is 0.370 e. The number of carbonyl (C=O) groups excluding carboxylic acids is 1.